The van der Waals surface area contributed by atoms with E-state index in [0.29, 0.717) is 0 Å². The van der Waals surface area contributed by atoms with Gasteiger partial charge in [0.2, 0.25) is 0 Å². The van der Waals surface area contributed by atoms with Crippen LogP contribution in [0.1, 0.15) is 11.1 Å². The van der Waals surface area contributed by atoms with Crippen LogP contribution in [0.4, 0.5) is 0 Å². The lowest BCUT2D eigenvalue weighted by Crippen LogP contribution is -1.90. The van der Waals surface area contributed by atoms with Crippen LogP contribution in [0.15, 0.2) is 54.6 Å². The molecule has 0 amide bonds. The van der Waals surface area contributed by atoms with Gasteiger partial charge in [0.15, 0.2) is 0 Å². The molecular weight excluding hydrogens is 240 g/mol. The van der Waals surface area contributed by atoms with Gasteiger partial charge >= 0.3 is 0 Å². The molecule has 0 N–H and O–H groups in total. The molecule has 0 aromatic heterocycles. The van der Waals surface area contributed by atoms with Crippen LogP contribution in [-0.2, 0) is 12.2 Å². The van der Waals surface area contributed by atoms with Crippen LogP contribution in [0.2, 0.25) is 0 Å². The molecule has 1 nitrogen and oxygen atoms in total. The Kier molecular flexibility index (Phi) is 5.15. The zero-order valence-corrected chi connectivity index (χ0v) is 11.5. The number of ether oxygens (including phenoxy) is 1. The lowest BCUT2D eigenvalue weighted by atomic mass is 10.2. The van der Waals surface area contributed by atoms with Gasteiger partial charge in [-0.2, -0.15) is 11.8 Å². The largest absolute Gasteiger partial charge is 0.497 e. The molecule has 2 heteroatoms. The molecule has 2 aromatic rings. The second kappa shape index (κ2) is 7.12. The van der Waals surface area contributed by atoms with Crippen LogP contribution < -0.4 is 4.74 Å². The summed E-state index contributed by atoms with van der Waals surface area (Å²) in [4.78, 5) is 0. The molecule has 2 aromatic carbocycles. The fourth-order valence-corrected chi connectivity index (χ4v) is 2.70. The Bertz CT molecular complexity index is 450. The smallest absolute Gasteiger partial charge is 0.118 e. The summed E-state index contributed by atoms with van der Waals surface area (Å²) in [6.45, 7) is 0. The maximum absolute atomic E-state index is 5.15. The highest BCUT2D eigenvalue weighted by atomic mass is 32.2. The second-order valence-corrected chi connectivity index (χ2v) is 5.24. The summed E-state index contributed by atoms with van der Waals surface area (Å²) in [5, 5.41) is 0. The first-order chi connectivity index (χ1) is 8.88. The Morgan fingerprint density at radius 3 is 2.28 bits per heavy atom. The van der Waals surface area contributed by atoms with Gasteiger partial charge < -0.3 is 4.74 Å². The Hall–Kier alpha value is -1.41. The van der Waals surface area contributed by atoms with Crippen molar-refractivity contribution in [3.63, 3.8) is 0 Å². The minimum absolute atomic E-state index is 0.927. The zero-order valence-electron chi connectivity index (χ0n) is 10.6. The summed E-state index contributed by atoms with van der Waals surface area (Å²) in [6, 6.07) is 18.9. The van der Waals surface area contributed by atoms with E-state index in [0.717, 1.165) is 23.7 Å². The minimum atomic E-state index is 0.927. The Balaban J connectivity index is 1.72. The summed E-state index contributed by atoms with van der Waals surface area (Å²) in [5.74, 6) is 3.17. The van der Waals surface area contributed by atoms with Gasteiger partial charge in [0.25, 0.3) is 0 Å². The molecule has 0 unspecified atom stereocenters. The topological polar surface area (TPSA) is 9.23 Å². The van der Waals surface area contributed by atoms with E-state index < -0.39 is 0 Å². The van der Waals surface area contributed by atoms with Crippen molar-refractivity contribution in [3.05, 3.63) is 65.7 Å². The summed E-state index contributed by atoms with van der Waals surface area (Å²) in [5.41, 5.74) is 2.77. The molecule has 0 aliphatic rings. The Labute approximate surface area is 113 Å². The van der Waals surface area contributed by atoms with E-state index in [4.69, 9.17) is 4.74 Å². The summed E-state index contributed by atoms with van der Waals surface area (Å²) in [6.07, 6.45) is 1.11. The molecule has 0 saturated carbocycles. The summed E-state index contributed by atoms with van der Waals surface area (Å²) < 4.78 is 5.15. The molecule has 0 aliphatic carbocycles. The van der Waals surface area contributed by atoms with Gasteiger partial charge in [-0.3, -0.25) is 0 Å². The Morgan fingerprint density at radius 2 is 1.61 bits per heavy atom. The first-order valence-electron chi connectivity index (χ1n) is 6.13. The highest BCUT2D eigenvalue weighted by Crippen LogP contribution is 2.16. The lowest BCUT2D eigenvalue weighted by molar-refractivity contribution is 0.414. The molecule has 18 heavy (non-hydrogen) atoms. The van der Waals surface area contributed by atoms with Crippen LogP contribution in [0.5, 0.6) is 5.75 Å². The van der Waals surface area contributed by atoms with Crippen molar-refractivity contribution in [2.24, 2.45) is 0 Å². The van der Waals surface area contributed by atoms with Gasteiger partial charge in [0.05, 0.1) is 7.11 Å². The standard InChI is InChI=1S/C16H18OS/c1-17-16-9-7-14(8-10-16)11-12-18-13-15-5-3-2-4-6-15/h2-10H,11-13H2,1H3. The molecule has 0 aliphatic heterocycles. The van der Waals surface area contributed by atoms with Gasteiger partial charge in [-0.05, 0) is 35.4 Å². The first-order valence-corrected chi connectivity index (χ1v) is 7.28. The maximum Gasteiger partial charge on any atom is 0.118 e. The third-order valence-corrected chi connectivity index (χ3v) is 3.84. The van der Waals surface area contributed by atoms with E-state index in [1.807, 2.05) is 23.9 Å². The van der Waals surface area contributed by atoms with Gasteiger partial charge in [0, 0.05) is 5.75 Å². The molecule has 0 atom stereocenters. The van der Waals surface area contributed by atoms with Crippen LogP contribution in [-0.4, -0.2) is 12.9 Å². The normalized spacial score (nSPS) is 10.3. The monoisotopic (exact) mass is 258 g/mol. The second-order valence-electron chi connectivity index (χ2n) is 4.14. The molecule has 0 heterocycles. The van der Waals surface area contributed by atoms with E-state index >= 15 is 0 Å². The molecule has 0 fully saturated rings. The first kappa shape index (κ1) is 13.0. The van der Waals surface area contributed by atoms with E-state index in [2.05, 4.69) is 42.5 Å². The molecular formula is C16H18OS. The van der Waals surface area contributed by atoms with Crippen molar-refractivity contribution in [3.8, 4) is 5.75 Å². The number of benzene rings is 2. The number of rotatable bonds is 6. The van der Waals surface area contributed by atoms with Crippen molar-refractivity contribution in [2.75, 3.05) is 12.9 Å². The van der Waals surface area contributed by atoms with Gasteiger partial charge in [0.1, 0.15) is 5.75 Å². The lowest BCUT2D eigenvalue weighted by Gasteiger charge is -2.04. The van der Waals surface area contributed by atoms with Crippen LogP contribution in [0, 0.1) is 0 Å². The van der Waals surface area contributed by atoms with E-state index in [1.54, 1.807) is 7.11 Å². The Morgan fingerprint density at radius 1 is 0.889 bits per heavy atom. The number of methoxy groups -OCH3 is 1. The van der Waals surface area contributed by atoms with E-state index in [1.165, 1.54) is 11.1 Å². The molecule has 0 spiro atoms. The van der Waals surface area contributed by atoms with Gasteiger partial charge in [-0.15, -0.1) is 0 Å². The van der Waals surface area contributed by atoms with Gasteiger partial charge in [-0.25, -0.2) is 0 Å². The van der Waals surface area contributed by atoms with Crippen molar-refractivity contribution in [2.45, 2.75) is 12.2 Å². The minimum Gasteiger partial charge on any atom is -0.497 e. The quantitative estimate of drug-likeness (QED) is 0.719. The molecule has 0 radical (unpaired) electrons. The third kappa shape index (κ3) is 4.11. The number of aryl methyl sites for hydroxylation is 1. The fraction of sp³-hybridized carbons (Fsp3) is 0.250. The third-order valence-electron chi connectivity index (χ3n) is 2.81. The zero-order chi connectivity index (χ0) is 12.6. The van der Waals surface area contributed by atoms with Crippen molar-refractivity contribution in [1.29, 1.82) is 0 Å². The van der Waals surface area contributed by atoms with Gasteiger partial charge in [-0.1, -0.05) is 42.5 Å². The SMILES string of the molecule is COc1ccc(CCSCc2ccccc2)cc1. The highest BCUT2D eigenvalue weighted by Gasteiger charge is 1.96. The molecule has 2 rings (SSSR count). The highest BCUT2D eigenvalue weighted by molar-refractivity contribution is 7.98. The fourth-order valence-electron chi connectivity index (χ4n) is 1.75. The van der Waals surface area contributed by atoms with Crippen LogP contribution in [0.25, 0.3) is 0 Å². The molecule has 0 saturated heterocycles. The maximum atomic E-state index is 5.15. The van der Waals surface area contributed by atoms with Crippen LogP contribution >= 0.6 is 11.8 Å². The molecule has 0 bridgehead atoms. The van der Waals surface area contributed by atoms with Crippen LogP contribution in [0.3, 0.4) is 0 Å². The predicted molar refractivity (Wildman–Crippen MR) is 79.3 cm³/mol. The average Bonchev–Trinajstić information content (AvgIpc) is 2.45. The van der Waals surface area contributed by atoms with Crippen molar-refractivity contribution < 1.29 is 4.74 Å². The molecule has 94 valence electrons. The predicted octanol–water partition coefficient (Wildman–Crippen LogP) is 4.17. The summed E-state index contributed by atoms with van der Waals surface area (Å²) in [7, 11) is 1.70. The van der Waals surface area contributed by atoms with Crippen molar-refractivity contribution in [1.82, 2.24) is 0 Å². The number of hydrogen-bond acceptors (Lipinski definition) is 2. The van der Waals surface area contributed by atoms with E-state index in [9.17, 15) is 0 Å². The number of hydrogen-bond donors (Lipinski definition) is 0. The van der Waals surface area contributed by atoms with E-state index in [-0.39, 0.29) is 0 Å². The summed E-state index contributed by atoms with van der Waals surface area (Å²) >= 11 is 1.98. The number of thioether (sulfide) groups is 1. The van der Waals surface area contributed by atoms with Crippen molar-refractivity contribution >= 4 is 11.8 Å². The average molecular weight is 258 g/mol.